The van der Waals surface area contributed by atoms with Crippen LogP contribution >= 0.6 is 11.6 Å². The monoisotopic (exact) mass is 581 g/mol. The molecule has 0 bridgehead atoms. The van der Waals surface area contributed by atoms with E-state index in [-0.39, 0.29) is 42.1 Å². The Labute approximate surface area is 237 Å². The molecule has 1 fully saturated rings. The Balaban J connectivity index is 1.44. The average molecular weight is 582 g/mol. The lowest BCUT2D eigenvalue weighted by Gasteiger charge is -2.28. The number of benzene rings is 1. The Morgan fingerprint density at radius 1 is 1.12 bits per heavy atom. The molecule has 1 aromatic rings. The van der Waals surface area contributed by atoms with Gasteiger partial charge in [-0.25, -0.2) is 5.43 Å². The number of hydrogen-bond donors (Lipinski definition) is 2. The van der Waals surface area contributed by atoms with E-state index in [0.29, 0.717) is 22.7 Å². The standard InChI is InChI=1S/C29H35ClF3N3O4/c1-39-15-14-34-28(38)23-12-13-25-24(27(23)40-18-29(31,32)33)17-36(35-25)16-19-4-2-3-5-20(7-6-19)26(37)21-8-10-22(30)11-9-21/h8-13,17,19-20,25,35H,2-7,14-16,18H2,1H3,(H,34,38). The fraction of sp³-hybridized carbons (Fsp3) is 0.517. The number of nitrogens with zero attached hydrogens (tertiary/aromatic N) is 1. The highest BCUT2D eigenvalue weighted by Gasteiger charge is 2.36. The van der Waals surface area contributed by atoms with Gasteiger partial charge in [0, 0.05) is 48.5 Å². The molecule has 1 aromatic carbocycles. The van der Waals surface area contributed by atoms with E-state index in [0.717, 1.165) is 38.5 Å². The van der Waals surface area contributed by atoms with Crippen LogP contribution < -0.4 is 10.7 Å². The third kappa shape index (κ3) is 8.11. The summed E-state index contributed by atoms with van der Waals surface area (Å²) in [7, 11) is 1.49. The highest BCUT2D eigenvalue weighted by Crippen LogP contribution is 2.34. The Morgan fingerprint density at radius 2 is 1.88 bits per heavy atom. The zero-order valence-electron chi connectivity index (χ0n) is 22.4. The minimum atomic E-state index is -4.55. The van der Waals surface area contributed by atoms with E-state index < -0.39 is 24.7 Å². The summed E-state index contributed by atoms with van der Waals surface area (Å²) in [6.07, 6.45) is 5.85. The van der Waals surface area contributed by atoms with Crippen molar-refractivity contribution in [2.24, 2.45) is 11.8 Å². The molecule has 0 saturated heterocycles. The average Bonchev–Trinajstić information content (AvgIpc) is 3.31. The molecule has 3 atom stereocenters. The van der Waals surface area contributed by atoms with Gasteiger partial charge in [0.2, 0.25) is 0 Å². The number of methoxy groups -OCH3 is 1. The van der Waals surface area contributed by atoms with Gasteiger partial charge >= 0.3 is 6.18 Å². The Kier molecular flexibility index (Phi) is 10.3. The second-order valence-electron chi connectivity index (χ2n) is 10.4. The Bertz CT molecular complexity index is 1150. The molecule has 11 heteroatoms. The summed E-state index contributed by atoms with van der Waals surface area (Å²) in [5.41, 5.74) is 4.50. The van der Waals surface area contributed by atoms with Gasteiger partial charge in [-0.3, -0.25) is 9.59 Å². The van der Waals surface area contributed by atoms with Crippen molar-refractivity contribution < 1.29 is 32.2 Å². The van der Waals surface area contributed by atoms with Gasteiger partial charge in [-0.1, -0.05) is 30.5 Å². The van der Waals surface area contributed by atoms with Gasteiger partial charge in [0.05, 0.1) is 18.2 Å². The Hall–Kier alpha value is -2.82. The molecule has 2 aliphatic carbocycles. The number of hydrogen-bond acceptors (Lipinski definition) is 6. The van der Waals surface area contributed by atoms with E-state index in [1.807, 2.05) is 5.01 Å². The second-order valence-corrected chi connectivity index (χ2v) is 10.8. The second kappa shape index (κ2) is 13.7. The molecular weight excluding hydrogens is 547 g/mol. The first-order valence-electron chi connectivity index (χ1n) is 13.6. The molecule has 4 rings (SSSR count). The predicted octanol–water partition coefficient (Wildman–Crippen LogP) is 5.35. The number of nitrogens with one attached hydrogen (secondary N) is 2. The largest absolute Gasteiger partial charge is 0.483 e. The van der Waals surface area contributed by atoms with E-state index in [1.54, 1.807) is 36.5 Å². The minimum Gasteiger partial charge on any atom is -0.483 e. The summed E-state index contributed by atoms with van der Waals surface area (Å²) in [6, 6.07) is 6.60. The number of carbonyl (C=O) groups excluding carboxylic acids is 2. The van der Waals surface area contributed by atoms with Crippen LogP contribution in [0.25, 0.3) is 0 Å². The first-order chi connectivity index (χ1) is 19.1. The third-order valence-electron chi connectivity index (χ3n) is 7.41. The smallest absolute Gasteiger partial charge is 0.422 e. The molecule has 1 heterocycles. The SMILES string of the molecule is COCCNC(=O)C1=C(OCC(F)(F)F)C2=CN(CC3CCCCC(C(=O)c4ccc(Cl)cc4)CC3)NC2C=C1. The Morgan fingerprint density at radius 3 is 2.60 bits per heavy atom. The maximum absolute atomic E-state index is 13.1. The summed E-state index contributed by atoms with van der Waals surface area (Å²) >= 11 is 5.98. The van der Waals surface area contributed by atoms with Crippen molar-refractivity contribution in [1.82, 2.24) is 15.8 Å². The third-order valence-corrected chi connectivity index (χ3v) is 7.66. The highest BCUT2D eigenvalue weighted by atomic mass is 35.5. The van der Waals surface area contributed by atoms with Crippen molar-refractivity contribution >= 4 is 23.3 Å². The van der Waals surface area contributed by atoms with Gasteiger partial charge in [0.15, 0.2) is 12.4 Å². The van der Waals surface area contributed by atoms with Crippen LogP contribution in [0, 0.1) is 11.8 Å². The molecule has 1 aliphatic heterocycles. The topological polar surface area (TPSA) is 79.9 Å². The van der Waals surface area contributed by atoms with Crippen LogP contribution in [-0.4, -0.2) is 62.3 Å². The van der Waals surface area contributed by atoms with Crippen LogP contribution in [0.1, 0.15) is 48.9 Å². The van der Waals surface area contributed by atoms with Crippen molar-refractivity contribution in [2.75, 3.05) is 33.4 Å². The van der Waals surface area contributed by atoms with E-state index in [2.05, 4.69) is 10.7 Å². The number of halogens is 4. The van der Waals surface area contributed by atoms with E-state index >= 15 is 0 Å². The van der Waals surface area contributed by atoms with Gasteiger partial charge in [0.1, 0.15) is 5.76 Å². The summed E-state index contributed by atoms with van der Waals surface area (Å²) < 4.78 is 49.3. The predicted molar refractivity (Wildman–Crippen MR) is 145 cm³/mol. The summed E-state index contributed by atoms with van der Waals surface area (Å²) in [5, 5.41) is 5.11. The van der Waals surface area contributed by atoms with Gasteiger partial charge in [-0.05, 0) is 61.9 Å². The molecular formula is C29H35ClF3N3O4. The molecule has 0 spiro atoms. The van der Waals surface area contributed by atoms with E-state index in [1.165, 1.54) is 13.2 Å². The number of carbonyl (C=O) groups is 2. The molecule has 3 unspecified atom stereocenters. The zero-order chi connectivity index (χ0) is 28.7. The maximum atomic E-state index is 13.1. The number of fused-ring (bicyclic) bond motifs is 1. The summed E-state index contributed by atoms with van der Waals surface area (Å²) in [5.74, 6) is -0.234. The van der Waals surface area contributed by atoms with Crippen LogP contribution in [0.5, 0.6) is 0 Å². The molecule has 3 aliphatic rings. The van der Waals surface area contributed by atoms with Crippen molar-refractivity contribution in [3.05, 3.63) is 70.1 Å². The number of alkyl halides is 3. The van der Waals surface area contributed by atoms with Gasteiger partial charge in [0.25, 0.3) is 5.91 Å². The fourth-order valence-electron chi connectivity index (χ4n) is 5.39. The van der Waals surface area contributed by atoms with E-state index in [4.69, 9.17) is 21.1 Å². The van der Waals surface area contributed by atoms with Crippen LogP contribution in [0.2, 0.25) is 5.02 Å². The molecule has 1 amide bonds. The lowest BCUT2D eigenvalue weighted by Crippen LogP contribution is -2.39. The van der Waals surface area contributed by atoms with Crippen LogP contribution in [0.3, 0.4) is 0 Å². The molecule has 218 valence electrons. The van der Waals surface area contributed by atoms with Crippen LogP contribution in [0.15, 0.2) is 59.5 Å². The fourth-order valence-corrected chi connectivity index (χ4v) is 5.51. The normalized spacial score (nSPS) is 23.3. The highest BCUT2D eigenvalue weighted by molar-refractivity contribution is 6.30. The van der Waals surface area contributed by atoms with Gasteiger partial charge < -0.3 is 19.8 Å². The number of rotatable bonds is 10. The number of Topliss-reactive ketones (excluding diaryl/α,β-unsaturated/α-hetero) is 1. The summed E-state index contributed by atoms with van der Waals surface area (Å²) in [6.45, 7) is -0.386. The van der Waals surface area contributed by atoms with Crippen LogP contribution in [0.4, 0.5) is 13.2 Å². The van der Waals surface area contributed by atoms with Crippen molar-refractivity contribution in [3.63, 3.8) is 0 Å². The molecule has 2 N–H and O–H groups in total. The number of amides is 1. The van der Waals surface area contributed by atoms with Crippen LogP contribution in [-0.2, 0) is 14.3 Å². The molecule has 0 radical (unpaired) electrons. The number of ether oxygens (including phenoxy) is 2. The lowest BCUT2D eigenvalue weighted by atomic mass is 9.82. The summed E-state index contributed by atoms with van der Waals surface area (Å²) in [4.78, 5) is 25.9. The van der Waals surface area contributed by atoms with Gasteiger partial charge in [-0.15, -0.1) is 0 Å². The van der Waals surface area contributed by atoms with Crippen molar-refractivity contribution in [1.29, 1.82) is 0 Å². The van der Waals surface area contributed by atoms with E-state index in [9.17, 15) is 22.8 Å². The lowest BCUT2D eigenvalue weighted by molar-refractivity contribution is -0.164. The molecule has 40 heavy (non-hydrogen) atoms. The minimum absolute atomic E-state index is 0.0426. The number of ketones is 1. The molecule has 0 aromatic heterocycles. The van der Waals surface area contributed by atoms with Crippen molar-refractivity contribution in [2.45, 2.75) is 50.7 Å². The number of hydrazine groups is 1. The maximum Gasteiger partial charge on any atom is 0.422 e. The first kappa shape index (κ1) is 30.1. The van der Waals surface area contributed by atoms with Crippen molar-refractivity contribution in [3.8, 4) is 0 Å². The quantitative estimate of drug-likeness (QED) is 0.287. The zero-order valence-corrected chi connectivity index (χ0v) is 23.2. The first-order valence-corrected chi connectivity index (χ1v) is 14.0. The molecule has 1 saturated carbocycles. The van der Waals surface area contributed by atoms with Gasteiger partial charge in [-0.2, -0.15) is 13.2 Å². The molecule has 7 nitrogen and oxygen atoms in total.